The third kappa shape index (κ3) is 2.95. The molecule has 1 aromatic heterocycles. The number of hydrogen-bond donors (Lipinski definition) is 1. The van der Waals surface area contributed by atoms with Crippen molar-refractivity contribution < 1.29 is 0 Å². The van der Waals surface area contributed by atoms with Gasteiger partial charge in [-0.3, -0.25) is 0 Å². The van der Waals surface area contributed by atoms with Crippen LogP contribution >= 0.6 is 24.0 Å². The van der Waals surface area contributed by atoms with Gasteiger partial charge >= 0.3 is 0 Å². The quantitative estimate of drug-likeness (QED) is 0.694. The van der Waals surface area contributed by atoms with Crippen LogP contribution < -0.4 is 5.73 Å². The van der Waals surface area contributed by atoms with Crippen molar-refractivity contribution in [3.05, 3.63) is 23.4 Å². The Morgan fingerprint density at radius 1 is 1.55 bits per heavy atom. The molecule has 0 aliphatic carbocycles. The minimum Gasteiger partial charge on any atom is -0.384 e. The second-order valence-corrected chi connectivity index (χ2v) is 2.46. The molecule has 0 aliphatic heterocycles. The Hall–Kier alpha value is -0.470. The van der Waals surface area contributed by atoms with E-state index in [1.54, 1.807) is 0 Å². The van der Waals surface area contributed by atoms with Gasteiger partial charge in [-0.25, -0.2) is 4.98 Å². The van der Waals surface area contributed by atoms with Crippen LogP contribution in [0.25, 0.3) is 0 Å². The van der Waals surface area contributed by atoms with E-state index < -0.39 is 0 Å². The summed E-state index contributed by atoms with van der Waals surface area (Å²) in [5.41, 5.74) is 7.40. The first-order valence-corrected chi connectivity index (χ1v) is 3.55. The van der Waals surface area contributed by atoms with E-state index in [0.717, 1.165) is 11.3 Å². The maximum atomic E-state index is 5.55. The third-order valence-electron chi connectivity index (χ3n) is 1.18. The molecule has 1 rings (SSSR count). The van der Waals surface area contributed by atoms with Gasteiger partial charge in [0.1, 0.15) is 5.82 Å². The Kier molecular flexibility index (Phi) is 4.23. The van der Waals surface area contributed by atoms with E-state index in [1.807, 2.05) is 19.1 Å². The highest BCUT2D eigenvalue weighted by molar-refractivity contribution is 6.16. The first kappa shape index (κ1) is 10.5. The van der Waals surface area contributed by atoms with E-state index in [-0.39, 0.29) is 12.4 Å². The first-order chi connectivity index (χ1) is 4.72. The van der Waals surface area contributed by atoms with Crippen LogP contribution in [0.15, 0.2) is 12.1 Å². The minimum absolute atomic E-state index is 0. The molecular formula is C7H10Cl2N2. The summed E-state index contributed by atoms with van der Waals surface area (Å²) >= 11 is 5.55. The molecule has 4 heteroatoms. The van der Waals surface area contributed by atoms with E-state index in [4.69, 9.17) is 17.3 Å². The van der Waals surface area contributed by atoms with Gasteiger partial charge in [-0.2, -0.15) is 0 Å². The molecular weight excluding hydrogens is 183 g/mol. The number of rotatable bonds is 1. The van der Waals surface area contributed by atoms with Gasteiger partial charge in [0, 0.05) is 0 Å². The second-order valence-electron chi connectivity index (χ2n) is 2.19. The van der Waals surface area contributed by atoms with Gasteiger partial charge in [0.25, 0.3) is 0 Å². The number of pyridine rings is 1. The molecule has 0 aromatic carbocycles. The van der Waals surface area contributed by atoms with Crippen molar-refractivity contribution >= 4 is 29.8 Å². The summed E-state index contributed by atoms with van der Waals surface area (Å²) in [6, 6.07) is 3.74. The fraction of sp³-hybridized carbons (Fsp3) is 0.286. The molecule has 62 valence electrons. The SMILES string of the molecule is Cc1cc(N)nc(CCl)c1.Cl. The largest absolute Gasteiger partial charge is 0.384 e. The Labute approximate surface area is 77.2 Å². The fourth-order valence-corrected chi connectivity index (χ4v) is 0.973. The average Bonchev–Trinajstić information content (AvgIpc) is 1.85. The van der Waals surface area contributed by atoms with Gasteiger partial charge in [0.05, 0.1) is 11.6 Å². The third-order valence-corrected chi connectivity index (χ3v) is 1.45. The predicted octanol–water partition coefficient (Wildman–Crippen LogP) is 2.13. The van der Waals surface area contributed by atoms with Crippen molar-refractivity contribution in [1.82, 2.24) is 4.98 Å². The zero-order valence-electron chi connectivity index (χ0n) is 6.17. The number of alkyl halides is 1. The first-order valence-electron chi connectivity index (χ1n) is 3.01. The fourth-order valence-electron chi connectivity index (χ4n) is 0.837. The lowest BCUT2D eigenvalue weighted by molar-refractivity contribution is 1.16. The molecule has 2 N–H and O–H groups in total. The molecule has 0 fully saturated rings. The molecule has 1 aromatic rings. The predicted molar refractivity (Wildman–Crippen MR) is 50.2 cm³/mol. The number of aryl methyl sites for hydroxylation is 1. The normalized spacial score (nSPS) is 8.91. The molecule has 0 unspecified atom stereocenters. The van der Waals surface area contributed by atoms with E-state index in [9.17, 15) is 0 Å². The summed E-state index contributed by atoms with van der Waals surface area (Å²) in [6.07, 6.45) is 0. The summed E-state index contributed by atoms with van der Waals surface area (Å²) in [7, 11) is 0. The lowest BCUT2D eigenvalue weighted by atomic mass is 10.2. The monoisotopic (exact) mass is 192 g/mol. The van der Waals surface area contributed by atoms with Crippen molar-refractivity contribution in [1.29, 1.82) is 0 Å². The second kappa shape index (κ2) is 4.42. The summed E-state index contributed by atoms with van der Waals surface area (Å²) in [5, 5.41) is 0. The maximum Gasteiger partial charge on any atom is 0.123 e. The summed E-state index contributed by atoms with van der Waals surface area (Å²) in [5.74, 6) is 0.960. The Morgan fingerprint density at radius 3 is 2.64 bits per heavy atom. The van der Waals surface area contributed by atoms with Gasteiger partial charge < -0.3 is 5.73 Å². The van der Waals surface area contributed by atoms with Gasteiger partial charge in [-0.1, -0.05) is 0 Å². The molecule has 1 heterocycles. The topological polar surface area (TPSA) is 38.9 Å². The van der Waals surface area contributed by atoms with Crippen LogP contribution in [-0.2, 0) is 5.88 Å². The van der Waals surface area contributed by atoms with Crippen molar-refractivity contribution in [3.8, 4) is 0 Å². The smallest absolute Gasteiger partial charge is 0.123 e. The highest BCUT2D eigenvalue weighted by atomic mass is 35.5. The molecule has 0 saturated heterocycles. The lowest BCUT2D eigenvalue weighted by Crippen LogP contribution is -1.94. The molecule has 2 nitrogen and oxygen atoms in total. The van der Waals surface area contributed by atoms with Crippen molar-refractivity contribution in [2.75, 3.05) is 5.73 Å². The van der Waals surface area contributed by atoms with Crippen LogP contribution in [0.5, 0.6) is 0 Å². The van der Waals surface area contributed by atoms with E-state index in [0.29, 0.717) is 11.7 Å². The molecule has 0 radical (unpaired) electrons. The highest BCUT2D eigenvalue weighted by Gasteiger charge is 1.94. The summed E-state index contributed by atoms with van der Waals surface area (Å²) in [6.45, 7) is 1.97. The number of hydrogen-bond acceptors (Lipinski definition) is 2. The maximum absolute atomic E-state index is 5.55. The van der Waals surface area contributed by atoms with Crippen LogP contribution in [0, 0.1) is 6.92 Å². The Balaban J connectivity index is 0.000001000. The van der Waals surface area contributed by atoms with Crippen LogP contribution in [0.4, 0.5) is 5.82 Å². The number of nitrogens with two attached hydrogens (primary N) is 1. The molecule has 0 atom stereocenters. The van der Waals surface area contributed by atoms with Crippen molar-refractivity contribution in [2.24, 2.45) is 0 Å². The number of anilines is 1. The van der Waals surface area contributed by atoms with Crippen LogP contribution in [0.1, 0.15) is 11.3 Å². The summed E-state index contributed by atoms with van der Waals surface area (Å²) in [4.78, 5) is 4.00. The standard InChI is InChI=1S/C7H9ClN2.ClH/c1-5-2-6(4-8)10-7(9)3-5;/h2-3H,4H2,1H3,(H2,9,10);1H. The zero-order valence-corrected chi connectivity index (χ0v) is 7.75. The van der Waals surface area contributed by atoms with Crippen LogP contribution in [0.3, 0.4) is 0 Å². The zero-order chi connectivity index (χ0) is 7.56. The van der Waals surface area contributed by atoms with Crippen molar-refractivity contribution in [2.45, 2.75) is 12.8 Å². The number of aromatic nitrogens is 1. The minimum atomic E-state index is 0. The van der Waals surface area contributed by atoms with Gasteiger partial charge in [-0.05, 0) is 24.6 Å². The molecule has 0 amide bonds. The van der Waals surface area contributed by atoms with E-state index in [1.165, 1.54) is 0 Å². The summed E-state index contributed by atoms with van der Waals surface area (Å²) < 4.78 is 0. The molecule has 11 heavy (non-hydrogen) atoms. The van der Waals surface area contributed by atoms with E-state index >= 15 is 0 Å². The van der Waals surface area contributed by atoms with Gasteiger partial charge in [-0.15, -0.1) is 24.0 Å². The molecule has 0 bridgehead atoms. The molecule has 0 aliphatic rings. The average molecular weight is 193 g/mol. The lowest BCUT2D eigenvalue weighted by Gasteiger charge is -1.98. The Morgan fingerprint density at radius 2 is 2.18 bits per heavy atom. The van der Waals surface area contributed by atoms with Gasteiger partial charge in [0.15, 0.2) is 0 Å². The highest BCUT2D eigenvalue weighted by Crippen LogP contribution is 2.07. The molecule has 0 spiro atoms. The van der Waals surface area contributed by atoms with Crippen molar-refractivity contribution in [3.63, 3.8) is 0 Å². The van der Waals surface area contributed by atoms with Crippen LogP contribution in [-0.4, -0.2) is 4.98 Å². The van der Waals surface area contributed by atoms with Gasteiger partial charge in [0.2, 0.25) is 0 Å². The molecule has 0 saturated carbocycles. The Bertz CT molecular complexity index is 218. The van der Waals surface area contributed by atoms with E-state index in [2.05, 4.69) is 4.98 Å². The number of nitrogen functional groups attached to an aromatic ring is 1. The number of halogens is 2. The number of nitrogens with zero attached hydrogens (tertiary/aromatic N) is 1. The van der Waals surface area contributed by atoms with Crippen LogP contribution in [0.2, 0.25) is 0 Å².